The van der Waals surface area contributed by atoms with Gasteiger partial charge in [0.2, 0.25) is 0 Å². The predicted molar refractivity (Wildman–Crippen MR) is 64.2 cm³/mol. The fourth-order valence-corrected chi connectivity index (χ4v) is 2.19. The Bertz CT molecular complexity index is 433. The quantitative estimate of drug-likeness (QED) is 0.847. The van der Waals surface area contributed by atoms with Crippen molar-refractivity contribution in [2.24, 2.45) is 11.7 Å². The van der Waals surface area contributed by atoms with E-state index in [9.17, 15) is 9.18 Å². The predicted octanol–water partition coefficient (Wildman–Crippen LogP) is 1.55. The minimum Gasteiger partial charge on any atom is -0.338 e. The lowest BCUT2D eigenvalue weighted by molar-refractivity contribution is 0.0783. The molecule has 4 heteroatoms. The molecule has 1 saturated heterocycles. The summed E-state index contributed by atoms with van der Waals surface area (Å²) in [6.45, 7) is 3.57. The Morgan fingerprint density at radius 1 is 1.59 bits per heavy atom. The van der Waals surface area contributed by atoms with Crippen LogP contribution in [-0.2, 0) is 0 Å². The summed E-state index contributed by atoms with van der Waals surface area (Å²) in [5, 5.41) is 0. The van der Waals surface area contributed by atoms with E-state index >= 15 is 0 Å². The maximum absolute atomic E-state index is 13.8. The molecule has 2 N–H and O–H groups in total. The first-order chi connectivity index (χ1) is 8.13. The number of hydrogen-bond acceptors (Lipinski definition) is 2. The number of aryl methyl sites for hydroxylation is 1. The van der Waals surface area contributed by atoms with Crippen LogP contribution in [0.2, 0.25) is 0 Å². The fraction of sp³-hybridized carbons (Fsp3) is 0.462. The average Bonchev–Trinajstić information content (AvgIpc) is 2.80. The standard InChI is InChI=1S/C13H17FN2O/c1-9-3-2-4-11(12(9)14)13(17)16-6-5-10(7-15)8-16/h2-4,10H,5-8,15H2,1H3/t10-/m1/s1. The van der Waals surface area contributed by atoms with Crippen LogP contribution in [0.4, 0.5) is 4.39 Å². The van der Waals surface area contributed by atoms with Crippen molar-refractivity contribution in [1.29, 1.82) is 0 Å². The second kappa shape index (κ2) is 4.84. The second-order valence-electron chi connectivity index (χ2n) is 4.58. The summed E-state index contributed by atoms with van der Waals surface area (Å²) >= 11 is 0. The minimum atomic E-state index is -0.409. The normalized spacial score (nSPS) is 19.7. The first-order valence-electron chi connectivity index (χ1n) is 5.88. The summed E-state index contributed by atoms with van der Waals surface area (Å²) in [5.74, 6) is -0.275. The lowest BCUT2D eigenvalue weighted by Gasteiger charge is -2.17. The van der Waals surface area contributed by atoms with Gasteiger partial charge in [-0.25, -0.2) is 4.39 Å². The van der Waals surface area contributed by atoms with Gasteiger partial charge in [-0.1, -0.05) is 12.1 Å². The molecule has 2 rings (SSSR count). The lowest BCUT2D eigenvalue weighted by atomic mass is 10.1. The van der Waals surface area contributed by atoms with Gasteiger partial charge in [0, 0.05) is 13.1 Å². The van der Waals surface area contributed by atoms with Crippen LogP contribution in [0, 0.1) is 18.7 Å². The van der Waals surface area contributed by atoms with Gasteiger partial charge in [-0.15, -0.1) is 0 Å². The molecule has 1 aromatic carbocycles. The molecule has 1 aliphatic rings. The Kier molecular flexibility index (Phi) is 3.43. The number of amides is 1. The number of benzene rings is 1. The molecule has 3 nitrogen and oxygen atoms in total. The molecule has 0 aromatic heterocycles. The summed E-state index contributed by atoms with van der Waals surface area (Å²) in [6, 6.07) is 4.92. The SMILES string of the molecule is Cc1cccc(C(=O)N2CC[C@H](CN)C2)c1F. The number of hydrogen-bond donors (Lipinski definition) is 1. The van der Waals surface area contributed by atoms with Crippen LogP contribution in [0.1, 0.15) is 22.3 Å². The number of carbonyl (C=O) groups is 1. The van der Waals surface area contributed by atoms with E-state index in [0.717, 1.165) is 6.42 Å². The Morgan fingerprint density at radius 3 is 3.00 bits per heavy atom. The van der Waals surface area contributed by atoms with E-state index in [4.69, 9.17) is 5.73 Å². The third-order valence-electron chi connectivity index (χ3n) is 3.33. The highest BCUT2D eigenvalue weighted by Crippen LogP contribution is 2.20. The number of nitrogens with zero attached hydrogens (tertiary/aromatic N) is 1. The summed E-state index contributed by atoms with van der Waals surface area (Å²) in [4.78, 5) is 13.8. The monoisotopic (exact) mass is 236 g/mol. The van der Waals surface area contributed by atoms with Crippen molar-refractivity contribution >= 4 is 5.91 Å². The van der Waals surface area contributed by atoms with Crippen LogP contribution in [0.15, 0.2) is 18.2 Å². The third-order valence-corrected chi connectivity index (χ3v) is 3.33. The lowest BCUT2D eigenvalue weighted by Crippen LogP contribution is -2.30. The highest BCUT2D eigenvalue weighted by molar-refractivity contribution is 5.94. The number of halogens is 1. The summed E-state index contributed by atoms with van der Waals surface area (Å²) in [6.07, 6.45) is 0.912. The molecule has 0 radical (unpaired) electrons. The van der Waals surface area contributed by atoms with Gasteiger partial charge in [0.1, 0.15) is 5.82 Å². The first kappa shape index (κ1) is 12.0. The Labute approximate surface area is 100 Å². The van der Waals surface area contributed by atoms with Crippen LogP contribution < -0.4 is 5.73 Å². The van der Waals surface area contributed by atoms with Crippen molar-refractivity contribution < 1.29 is 9.18 Å². The van der Waals surface area contributed by atoms with E-state index in [-0.39, 0.29) is 11.5 Å². The third kappa shape index (κ3) is 2.31. The summed E-state index contributed by atoms with van der Waals surface area (Å²) in [7, 11) is 0. The molecule has 1 fully saturated rings. The zero-order chi connectivity index (χ0) is 12.4. The Balaban J connectivity index is 2.18. The molecule has 0 bridgehead atoms. The van der Waals surface area contributed by atoms with Crippen LogP contribution in [0.5, 0.6) is 0 Å². The minimum absolute atomic E-state index is 0.169. The van der Waals surface area contributed by atoms with Crippen LogP contribution in [0.25, 0.3) is 0 Å². The molecular formula is C13H17FN2O. The van der Waals surface area contributed by atoms with Gasteiger partial charge in [0.25, 0.3) is 5.91 Å². The van der Waals surface area contributed by atoms with Crippen LogP contribution >= 0.6 is 0 Å². The zero-order valence-corrected chi connectivity index (χ0v) is 9.95. The van der Waals surface area contributed by atoms with E-state index < -0.39 is 5.82 Å². The molecule has 92 valence electrons. The van der Waals surface area contributed by atoms with Crippen LogP contribution in [-0.4, -0.2) is 30.4 Å². The maximum atomic E-state index is 13.8. The summed E-state index contributed by atoms with van der Waals surface area (Å²) in [5.41, 5.74) is 6.25. The molecule has 0 aliphatic carbocycles. The van der Waals surface area contributed by atoms with Gasteiger partial charge in [-0.05, 0) is 37.4 Å². The smallest absolute Gasteiger partial charge is 0.256 e. The van der Waals surface area contributed by atoms with Gasteiger partial charge in [0.05, 0.1) is 5.56 Å². The van der Waals surface area contributed by atoms with E-state index in [0.29, 0.717) is 31.1 Å². The van der Waals surface area contributed by atoms with Gasteiger partial charge in [0.15, 0.2) is 0 Å². The number of carbonyl (C=O) groups excluding carboxylic acids is 1. The van der Waals surface area contributed by atoms with Crippen molar-refractivity contribution in [2.45, 2.75) is 13.3 Å². The Morgan fingerprint density at radius 2 is 2.35 bits per heavy atom. The van der Waals surface area contributed by atoms with Gasteiger partial charge in [-0.2, -0.15) is 0 Å². The molecule has 17 heavy (non-hydrogen) atoms. The molecule has 1 atom stereocenters. The Hall–Kier alpha value is -1.42. The van der Waals surface area contributed by atoms with Crippen molar-refractivity contribution in [1.82, 2.24) is 4.90 Å². The van der Waals surface area contributed by atoms with Crippen molar-refractivity contribution in [3.8, 4) is 0 Å². The molecule has 0 unspecified atom stereocenters. The number of nitrogens with two attached hydrogens (primary N) is 1. The number of likely N-dealkylation sites (tertiary alicyclic amines) is 1. The molecule has 1 amide bonds. The number of rotatable bonds is 2. The van der Waals surface area contributed by atoms with E-state index in [1.807, 2.05) is 0 Å². The molecule has 1 heterocycles. The van der Waals surface area contributed by atoms with E-state index in [1.54, 1.807) is 30.0 Å². The second-order valence-corrected chi connectivity index (χ2v) is 4.58. The molecule has 0 saturated carbocycles. The average molecular weight is 236 g/mol. The molecule has 1 aromatic rings. The summed E-state index contributed by atoms with van der Waals surface area (Å²) < 4.78 is 13.8. The van der Waals surface area contributed by atoms with Crippen LogP contribution in [0.3, 0.4) is 0 Å². The first-order valence-corrected chi connectivity index (χ1v) is 5.88. The maximum Gasteiger partial charge on any atom is 0.256 e. The van der Waals surface area contributed by atoms with Crippen molar-refractivity contribution in [2.75, 3.05) is 19.6 Å². The van der Waals surface area contributed by atoms with E-state index in [1.165, 1.54) is 0 Å². The van der Waals surface area contributed by atoms with Gasteiger partial charge >= 0.3 is 0 Å². The van der Waals surface area contributed by atoms with E-state index in [2.05, 4.69) is 0 Å². The topological polar surface area (TPSA) is 46.3 Å². The van der Waals surface area contributed by atoms with Crippen molar-refractivity contribution in [3.05, 3.63) is 35.1 Å². The largest absolute Gasteiger partial charge is 0.338 e. The molecule has 0 spiro atoms. The highest BCUT2D eigenvalue weighted by atomic mass is 19.1. The zero-order valence-electron chi connectivity index (χ0n) is 9.95. The van der Waals surface area contributed by atoms with Gasteiger partial charge in [-0.3, -0.25) is 4.79 Å². The fourth-order valence-electron chi connectivity index (χ4n) is 2.19. The molecular weight excluding hydrogens is 219 g/mol. The van der Waals surface area contributed by atoms with Crippen molar-refractivity contribution in [3.63, 3.8) is 0 Å². The molecule has 1 aliphatic heterocycles. The van der Waals surface area contributed by atoms with Gasteiger partial charge < -0.3 is 10.6 Å². The highest BCUT2D eigenvalue weighted by Gasteiger charge is 2.27.